The van der Waals surface area contributed by atoms with Gasteiger partial charge in [-0.15, -0.1) is 26.3 Å². The fourth-order valence-electron chi connectivity index (χ4n) is 7.32. The van der Waals surface area contributed by atoms with E-state index in [0.717, 1.165) is 78.9 Å². The van der Waals surface area contributed by atoms with Crippen molar-refractivity contribution < 1.29 is 90.8 Å². The predicted octanol–water partition coefficient (Wildman–Crippen LogP) is 12.2. The number of hydrogen-bond donors (Lipinski definition) is 4. The first-order valence-electron chi connectivity index (χ1n) is 20.6. The molecule has 0 radical (unpaired) electrons. The number of fused-ring (bicyclic) bond motifs is 2. The van der Waals surface area contributed by atoms with E-state index in [1.807, 2.05) is 0 Å². The maximum Gasteiger partial charge on any atom is 0.573 e. The molecular formula is C48H33ClF12N4O8. The molecule has 0 spiro atoms. The molecule has 0 saturated carbocycles. The first-order valence-corrected chi connectivity index (χ1v) is 21.0. The van der Waals surface area contributed by atoms with Crippen molar-refractivity contribution in [2.45, 2.75) is 50.3 Å². The lowest BCUT2D eigenvalue weighted by Crippen LogP contribution is -2.18. The fourth-order valence-corrected chi connectivity index (χ4v) is 7.52. The molecule has 8 rings (SSSR count). The molecule has 12 nitrogen and oxygen atoms in total. The topological polar surface area (TPSA) is 195 Å². The molecule has 0 atom stereocenters. The summed E-state index contributed by atoms with van der Waals surface area (Å²) in [6.45, 7) is 0. The predicted molar refractivity (Wildman–Crippen MR) is 236 cm³/mol. The average Bonchev–Trinajstić information content (AvgIpc) is 3.78. The maximum atomic E-state index is 14.4. The van der Waals surface area contributed by atoms with E-state index in [-0.39, 0.29) is 80.5 Å². The van der Waals surface area contributed by atoms with Crippen molar-refractivity contribution in [3.8, 4) is 34.5 Å². The second kappa shape index (κ2) is 21.3. The first kappa shape index (κ1) is 54.2. The SMILES string of the molecule is NC(=O)c1cc(N)ccc1F.NC(=O)c1cc(NC(=O)c2c(Oc3ccc(OC(F)(F)F)cc3)ccc3c2CCC3(F)F)ccc1F.O=C(Cl)c1c(Oc2ccc(OC(F)(F)F)cc2)ccc2c1CCC2(F)F. The molecule has 2 aliphatic rings. The van der Waals surface area contributed by atoms with Crippen molar-refractivity contribution in [1.29, 1.82) is 0 Å². The van der Waals surface area contributed by atoms with Crippen LogP contribution in [0.3, 0.4) is 0 Å². The van der Waals surface area contributed by atoms with E-state index in [1.54, 1.807) is 0 Å². The molecule has 0 unspecified atom stereocenters. The van der Waals surface area contributed by atoms with Gasteiger partial charge in [-0.25, -0.2) is 26.3 Å². The smallest absolute Gasteiger partial charge is 0.457 e. The van der Waals surface area contributed by atoms with Gasteiger partial charge < -0.3 is 41.5 Å². The number of carbonyl (C=O) groups excluding carboxylic acids is 4. The van der Waals surface area contributed by atoms with Crippen molar-refractivity contribution in [2.24, 2.45) is 11.5 Å². The fraction of sp³-hybridized carbons (Fsp3) is 0.167. The molecular weight excluding hydrogens is 1020 g/mol. The van der Waals surface area contributed by atoms with Crippen LogP contribution >= 0.6 is 11.6 Å². The van der Waals surface area contributed by atoms with Gasteiger partial charge in [0, 0.05) is 35.3 Å². The molecule has 2 aliphatic carbocycles. The molecule has 384 valence electrons. The summed E-state index contributed by atoms with van der Waals surface area (Å²) in [5, 5.41) is 1.46. The lowest BCUT2D eigenvalue weighted by molar-refractivity contribution is -0.275. The molecule has 73 heavy (non-hydrogen) atoms. The molecule has 3 amide bonds. The Hall–Kier alpha value is -8.15. The van der Waals surface area contributed by atoms with Gasteiger partial charge in [-0.2, -0.15) is 0 Å². The van der Waals surface area contributed by atoms with Crippen molar-refractivity contribution in [1.82, 2.24) is 0 Å². The van der Waals surface area contributed by atoms with Crippen molar-refractivity contribution in [2.75, 3.05) is 11.1 Å². The minimum Gasteiger partial charge on any atom is -0.457 e. The van der Waals surface area contributed by atoms with Crippen LogP contribution < -0.4 is 41.5 Å². The van der Waals surface area contributed by atoms with E-state index in [0.29, 0.717) is 5.69 Å². The molecule has 0 aromatic heterocycles. The number of benzene rings is 6. The number of nitrogen functional groups attached to an aromatic ring is 1. The van der Waals surface area contributed by atoms with E-state index < -0.39 is 89.1 Å². The van der Waals surface area contributed by atoms with Gasteiger partial charge in [0.1, 0.15) is 46.1 Å². The normalized spacial score (nSPS) is 13.9. The summed E-state index contributed by atoms with van der Waals surface area (Å²) in [5.41, 5.74) is 14.0. The highest BCUT2D eigenvalue weighted by molar-refractivity contribution is 6.68. The lowest BCUT2D eigenvalue weighted by atomic mass is 10.0. The highest BCUT2D eigenvalue weighted by Gasteiger charge is 2.43. The standard InChI is InChI=1S/C24H16F6N2O4.C17H10ClF5O3.C7H7FN2O/c25-18-7-1-12(11-16(18)21(31)33)32-22(34)20-15-9-10-23(26,27)17(15)6-8-19(20)35-13-2-4-14(5-3-13)36-24(28,29)30;18-15(24)14-11-7-8-16(19,20)12(11)5-6-13(14)25-9-1-3-10(4-2-9)26-17(21,22)23;8-6-2-1-4(9)3-5(6)7(10)11/h1-8,11H,9-10H2,(H2,31,33)(H,32,34);1-6H,7-8H2;1-3H,9H2,(H2,10,11). The summed E-state index contributed by atoms with van der Waals surface area (Å²) in [5.74, 6) is -11.6. The van der Waals surface area contributed by atoms with E-state index in [2.05, 4.69) is 14.8 Å². The largest absolute Gasteiger partial charge is 0.573 e. The number of primary amides is 2. The maximum absolute atomic E-state index is 14.4. The van der Waals surface area contributed by atoms with Crippen molar-refractivity contribution >= 4 is 45.9 Å². The third kappa shape index (κ3) is 13.6. The number of rotatable bonds is 11. The van der Waals surface area contributed by atoms with Crippen LogP contribution in [-0.4, -0.2) is 35.7 Å². The van der Waals surface area contributed by atoms with Gasteiger partial charge in [-0.05, 0) is 145 Å². The molecule has 6 aromatic carbocycles. The van der Waals surface area contributed by atoms with Gasteiger partial charge in [0.05, 0.1) is 22.3 Å². The Morgan fingerprint density at radius 2 is 0.945 bits per heavy atom. The van der Waals surface area contributed by atoms with Crippen molar-refractivity contribution in [3.05, 3.63) is 165 Å². The van der Waals surface area contributed by atoms with Crippen LogP contribution in [0.15, 0.2) is 109 Å². The number of hydrogen-bond acceptors (Lipinski definition) is 9. The Bertz CT molecular complexity index is 3080. The summed E-state index contributed by atoms with van der Waals surface area (Å²) in [6.07, 6.45) is -10.9. The number of amides is 3. The number of anilines is 2. The molecule has 0 fully saturated rings. The second-order valence-electron chi connectivity index (χ2n) is 15.5. The summed E-state index contributed by atoms with van der Waals surface area (Å²) in [4.78, 5) is 46.8. The third-order valence-electron chi connectivity index (χ3n) is 10.5. The number of nitrogens with one attached hydrogen (secondary N) is 1. The summed E-state index contributed by atoms with van der Waals surface area (Å²) in [7, 11) is 0. The van der Waals surface area contributed by atoms with Gasteiger partial charge in [0.25, 0.3) is 34.8 Å². The summed E-state index contributed by atoms with van der Waals surface area (Å²) >= 11 is 5.54. The molecule has 6 aromatic rings. The van der Waals surface area contributed by atoms with Gasteiger partial charge >= 0.3 is 12.7 Å². The number of carbonyl (C=O) groups is 4. The lowest BCUT2D eigenvalue weighted by Gasteiger charge is -2.17. The first-order chi connectivity index (χ1) is 34.0. The minimum absolute atomic E-state index is 0.000999. The van der Waals surface area contributed by atoms with Crippen LogP contribution in [0.5, 0.6) is 34.5 Å². The zero-order valence-corrected chi connectivity index (χ0v) is 37.4. The molecule has 0 bridgehead atoms. The van der Waals surface area contributed by atoms with Crippen LogP contribution in [0.1, 0.15) is 76.5 Å². The van der Waals surface area contributed by atoms with E-state index in [1.165, 1.54) is 30.3 Å². The van der Waals surface area contributed by atoms with Crippen LogP contribution in [0.4, 0.5) is 64.1 Å². The van der Waals surface area contributed by atoms with E-state index >= 15 is 0 Å². The minimum atomic E-state index is -4.90. The second-order valence-corrected chi connectivity index (χ2v) is 15.8. The highest BCUT2D eigenvalue weighted by Crippen LogP contribution is 2.47. The van der Waals surface area contributed by atoms with Crippen LogP contribution in [0.2, 0.25) is 0 Å². The Morgan fingerprint density at radius 1 is 0.548 bits per heavy atom. The van der Waals surface area contributed by atoms with Gasteiger partial charge in [0.2, 0.25) is 0 Å². The number of halogens is 13. The number of ether oxygens (including phenoxy) is 4. The Morgan fingerprint density at radius 3 is 1.36 bits per heavy atom. The zero-order valence-electron chi connectivity index (χ0n) is 36.6. The van der Waals surface area contributed by atoms with Crippen LogP contribution in [0, 0.1) is 11.6 Å². The zero-order chi connectivity index (χ0) is 53.8. The molecule has 7 N–H and O–H groups in total. The highest BCUT2D eigenvalue weighted by atomic mass is 35.5. The molecule has 0 saturated heterocycles. The monoisotopic (exact) mass is 1060 g/mol. The Kier molecular flexibility index (Phi) is 15.8. The van der Waals surface area contributed by atoms with Crippen LogP contribution in [-0.2, 0) is 24.7 Å². The van der Waals surface area contributed by atoms with E-state index in [9.17, 15) is 71.9 Å². The summed E-state index contributed by atoms with van der Waals surface area (Å²) < 4.78 is 175. The molecule has 25 heteroatoms. The molecule has 0 aliphatic heterocycles. The van der Waals surface area contributed by atoms with Crippen molar-refractivity contribution in [3.63, 3.8) is 0 Å². The van der Waals surface area contributed by atoms with Gasteiger partial charge in [-0.1, -0.05) is 0 Å². The van der Waals surface area contributed by atoms with Crippen LogP contribution in [0.25, 0.3) is 0 Å². The third-order valence-corrected chi connectivity index (χ3v) is 10.6. The number of alkyl halides is 10. The Labute approximate surface area is 408 Å². The number of nitrogens with two attached hydrogens (primary N) is 3. The summed E-state index contributed by atoms with van der Waals surface area (Å²) in [6, 6.07) is 20.0. The van der Waals surface area contributed by atoms with E-state index in [4.69, 9.17) is 38.3 Å². The Balaban J connectivity index is 0.000000204. The average molecular weight is 1060 g/mol. The quantitative estimate of drug-likeness (QED) is 0.0554. The van der Waals surface area contributed by atoms with Gasteiger partial charge in [-0.3, -0.25) is 19.2 Å². The van der Waals surface area contributed by atoms with Gasteiger partial charge in [0.15, 0.2) is 0 Å². The molecule has 0 heterocycles.